The van der Waals surface area contributed by atoms with Crippen molar-refractivity contribution >= 4 is 39.4 Å². The van der Waals surface area contributed by atoms with E-state index in [1.54, 1.807) is 31.2 Å². The van der Waals surface area contributed by atoms with Gasteiger partial charge in [0.2, 0.25) is 5.69 Å². The number of carbonyl (C=O) groups excluding carboxylic acids is 1. The molecule has 1 atom stereocenters. The van der Waals surface area contributed by atoms with Crippen LogP contribution in [0.3, 0.4) is 0 Å². The monoisotopic (exact) mass is 586 g/mol. The number of aromatic carboxylic acids is 1. The Morgan fingerprint density at radius 1 is 0.932 bits per heavy atom. The molecule has 0 fully saturated rings. The summed E-state index contributed by atoms with van der Waals surface area (Å²) in [6.07, 6.45) is 3.40. The van der Waals surface area contributed by atoms with Gasteiger partial charge in [-0.15, -0.1) is 0 Å². The third-order valence-corrected chi connectivity index (χ3v) is 7.58. The highest BCUT2D eigenvalue weighted by Gasteiger charge is 2.20. The van der Waals surface area contributed by atoms with E-state index < -0.39 is 23.6 Å². The van der Waals surface area contributed by atoms with Gasteiger partial charge in [0.25, 0.3) is 5.91 Å². The number of carbonyl (C=O) groups is 2. The summed E-state index contributed by atoms with van der Waals surface area (Å²) < 4.78 is 29.8. The fraction of sp³-hybridized carbons (Fsp3) is 0.0857. The van der Waals surface area contributed by atoms with Gasteiger partial charge in [-0.2, -0.15) is 0 Å². The number of benzene rings is 4. The van der Waals surface area contributed by atoms with Crippen molar-refractivity contribution in [1.82, 2.24) is 14.9 Å². The molecule has 216 valence electrons. The lowest BCUT2D eigenvalue weighted by molar-refractivity contribution is 0.0696. The molecule has 7 nitrogen and oxygen atoms in total. The third-order valence-electron chi connectivity index (χ3n) is 7.58. The van der Waals surface area contributed by atoms with Crippen LogP contribution in [-0.4, -0.2) is 26.5 Å². The smallest absolute Gasteiger partial charge is 0.335 e. The number of amides is 1. The van der Waals surface area contributed by atoms with Crippen molar-refractivity contribution in [2.75, 3.05) is 0 Å². The molecule has 1 amide bonds. The van der Waals surface area contributed by atoms with Gasteiger partial charge in [-0.1, -0.05) is 30.3 Å². The number of hydrogen-bond donors (Lipinski definition) is 2. The van der Waals surface area contributed by atoms with Gasteiger partial charge in [0.1, 0.15) is 0 Å². The topological polar surface area (TPSA) is 88.6 Å². The van der Waals surface area contributed by atoms with Crippen LogP contribution in [0, 0.1) is 18.2 Å². The van der Waals surface area contributed by atoms with Crippen LogP contribution < -0.4 is 5.32 Å². The van der Waals surface area contributed by atoms with Crippen LogP contribution in [-0.2, 0) is 6.54 Å². The molecule has 0 aliphatic carbocycles. The molecular weight excluding hydrogens is 562 g/mol. The number of carboxylic acid groups (broad SMARTS) is 1. The summed E-state index contributed by atoms with van der Waals surface area (Å²) in [6, 6.07) is 22.4. The molecule has 2 N–H and O–H groups in total. The second kappa shape index (κ2) is 11.4. The normalized spacial score (nSPS) is 11.8. The molecule has 9 heteroatoms. The Morgan fingerprint density at radius 2 is 1.73 bits per heavy atom. The molecular formula is C35H24F2N4O3. The number of aromatic nitrogens is 2. The minimum absolute atomic E-state index is 0.141. The van der Waals surface area contributed by atoms with E-state index in [-0.39, 0.29) is 11.5 Å². The number of nitrogens with zero attached hydrogens (tertiary/aromatic N) is 3. The largest absolute Gasteiger partial charge is 0.478 e. The van der Waals surface area contributed by atoms with Crippen LogP contribution in [0.4, 0.5) is 14.5 Å². The van der Waals surface area contributed by atoms with Crippen molar-refractivity contribution < 1.29 is 23.5 Å². The third kappa shape index (κ3) is 5.49. The first kappa shape index (κ1) is 28.2. The molecule has 0 unspecified atom stereocenters. The van der Waals surface area contributed by atoms with E-state index in [4.69, 9.17) is 6.57 Å². The molecule has 6 aromatic rings. The minimum Gasteiger partial charge on any atom is -0.478 e. The summed E-state index contributed by atoms with van der Waals surface area (Å²) in [5, 5.41) is 13.8. The van der Waals surface area contributed by atoms with Crippen molar-refractivity contribution in [2.45, 2.75) is 19.5 Å². The molecule has 2 aromatic heterocycles. The van der Waals surface area contributed by atoms with Crippen molar-refractivity contribution in [3.8, 4) is 11.1 Å². The second-order valence-corrected chi connectivity index (χ2v) is 10.5. The van der Waals surface area contributed by atoms with Gasteiger partial charge in [0.15, 0.2) is 11.6 Å². The lowest BCUT2D eigenvalue weighted by atomic mass is 9.99. The Morgan fingerprint density at radius 3 is 2.45 bits per heavy atom. The maximum atomic E-state index is 14.2. The highest BCUT2D eigenvalue weighted by Crippen LogP contribution is 2.31. The number of carboxylic acids is 1. The summed E-state index contributed by atoms with van der Waals surface area (Å²) in [6.45, 7) is 9.44. The van der Waals surface area contributed by atoms with Crippen LogP contribution in [0.15, 0.2) is 97.3 Å². The van der Waals surface area contributed by atoms with Crippen LogP contribution in [0.1, 0.15) is 44.8 Å². The fourth-order valence-corrected chi connectivity index (χ4v) is 5.28. The minimum atomic E-state index is -1.04. The van der Waals surface area contributed by atoms with Gasteiger partial charge in [-0.05, 0) is 89.2 Å². The highest BCUT2D eigenvalue weighted by atomic mass is 19.2. The Bertz CT molecular complexity index is 2130. The standard InChI is InChI=1S/C35H24F2N4O3/c1-20(22-5-7-23(8-6-22)35(43)44)40-34(42)29-16-27(24-9-10-30(36)31(37)17-24)14-26-11-12-41(33(26)29)19-21-3-4-25-15-28(38-2)18-39-32(25)13-21/h3-18,20H,19H2,1H3,(H,40,42)(H,43,44)/t20-/m0/s1. The molecule has 0 spiro atoms. The van der Waals surface area contributed by atoms with Gasteiger partial charge in [-0.3, -0.25) is 9.78 Å². The van der Waals surface area contributed by atoms with E-state index in [0.717, 1.165) is 39.5 Å². The second-order valence-electron chi connectivity index (χ2n) is 10.5. The molecule has 44 heavy (non-hydrogen) atoms. The zero-order valence-electron chi connectivity index (χ0n) is 23.4. The molecule has 2 heterocycles. The van der Waals surface area contributed by atoms with Crippen molar-refractivity contribution in [3.63, 3.8) is 0 Å². The predicted octanol–water partition coefficient (Wildman–Crippen LogP) is 7.92. The lowest BCUT2D eigenvalue weighted by Crippen LogP contribution is -2.27. The first-order valence-electron chi connectivity index (χ1n) is 13.7. The van der Waals surface area contributed by atoms with E-state index in [1.165, 1.54) is 24.4 Å². The molecule has 0 saturated heterocycles. The van der Waals surface area contributed by atoms with Gasteiger partial charge in [-0.25, -0.2) is 18.4 Å². The molecule has 6 rings (SSSR count). The average molecular weight is 587 g/mol. The summed E-state index contributed by atoms with van der Waals surface area (Å²) in [4.78, 5) is 33.0. The van der Waals surface area contributed by atoms with Gasteiger partial charge in [0, 0.05) is 24.3 Å². The number of rotatable bonds is 7. The molecule has 0 aliphatic rings. The highest BCUT2D eigenvalue weighted by molar-refractivity contribution is 6.08. The molecule has 4 aromatic carbocycles. The van der Waals surface area contributed by atoms with Crippen LogP contribution in [0.5, 0.6) is 0 Å². The molecule has 0 saturated carbocycles. The predicted molar refractivity (Wildman–Crippen MR) is 164 cm³/mol. The number of halogens is 2. The van der Waals surface area contributed by atoms with Crippen LogP contribution in [0.25, 0.3) is 37.8 Å². The van der Waals surface area contributed by atoms with Gasteiger partial charge < -0.3 is 15.0 Å². The summed E-state index contributed by atoms with van der Waals surface area (Å²) in [5.74, 6) is -3.38. The van der Waals surface area contributed by atoms with E-state index in [1.807, 2.05) is 41.1 Å². The SMILES string of the molecule is [C-]#[N+]c1cnc2cc(Cn3ccc4cc(-c5ccc(F)c(F)c5)cc(C(=O)N[C@@H](C)c5ccc(C(=O)O)cc5)c43)ccc2c1. The van der Waals surface area contributed by atoms with E-state index >= 15 is 0 Å². The van der Waals surface area contributed by atoms with E-state index in [9.17, 15) is 23.5 Å². The quantitative estimate of drug-likeness (QED) is 0.186. The maximum Gasteiger partial charge on any atom is 0.335 e. The zero-order valence-corrected chi connectivity index (χ0v) is 23.4. The number of fused-ring (bicyclic) bond motifs is 2. The summed E-state index contributed by atoms with van der Waals surface area (Å²) >= 11 is 0. The van der Waals surface area contributed by atoms with Crippen LogP contribution >= 0.6 is 0 Å². The van der Waals surface area contributed by atoms with E-state index in [2.05, 4.69) is 15.1 Å². The Hall–Kier alpha value is -5.88. The Kier molecular flexibility index (Phi) is 7.33. The number of hydrogen-bond acceptors (Lipinski definition) is 3. The van der Waals surface area contributed by atoms with Gasteiger partial charge >= 0.3 is 5.97 Å². The number of nitrogens with one attached hydrogen (secondary N) is 1. The van der Waals surface area contributed by atoms with E-state index in [0.29, 0.717) is 34.4 Å². The molecule has 0 aliphatic heterocycles. The average Bonchev–Trinajstić information content (AvgIpc) is 3.43. The van der Waals surface area contributed by atoms with Gasteiger partial charge in [0.05, 0.1) is 34.8 Å². The number of pyridine rings is 1. The summed E-state index contributed by atoms with van der Waals surface area (Å²) in [5.41, 5.74) is 4.95. The lowest BCUT2D eigenvalue weighted by Gasteiger charge is -2.17. The molecule has 0 bridgehead atoms. The Balaban J connectivity index is 1.40. The first-order chi connectivity index (χ1) is 21.2. The zero-order chi connectivity index (χ0) is 31.0. The van der Waals surface area contributed by atoms with Crippen molar-refractivity contribution in [3.05, 3.63) is 143 Å². The Labute approximate surface area is 250 Å². The molecule has 0 radical (unpaired) electrons. The fourth-order valence-electron chi connectivity index (χ4n) is 5.28. The maximum absolute atomic E-state index is 14.2. The van der Waals surface area contributed by atoms with Crippen LogP contribution in [0.2, 0.25) is 0 Å². The first-order valence-corrected chi connectivity index (χ1v) is 13.7. The summed E-state index contributed by atoms with van der Waals surface area (Å²) in [7, 11) is 0. The van der Waals surface area contributed by atoms with Crippen molar-refractivity contribution in [1.29, 1.82) is 0 Å². The van der Waals surface area contributed by atoms with Crippen molar-refractivity contribution in [2.24, 2.45) is 0 Å².